The number of hydrogen-bond donors (Lipinski definition) is 1. The summed E-state index contributed by atoms with van der Waals surface area (Å²) in [7, 11) is -2.83. The number of aryl methyl sites for hydroxylation is 1. The average Bonchev–Trinajstić information content (AvgIpc) is 2.69. The van der Waals surface area contributed by atoms with Gasteiger partial charge in [-0.15, -0.1) is 0 Å². The summed E-state index contributed by atoms with van der Waals surface area (Å²) in [5.41, 5.74) is 2.59. The van der Waals surface area contributed by atoms with E-state index in [9.17, 15) is 17.6 Å². The number of hydrogen-bond acceptors (Lipinski definition) is 6. The van der Waals surface area contributed by atoms with E-state index >= 15 is 0 Å². The molecule has 0 aliphatic carbocycles. The van der Waals surface area contributed by atoms with Crippen molar-refractivity contribution in [1.82, 2.24) is 9.97 Å². The van der Waals surface area contributed by atoms with E-state index in [1.54, 1.807) is 37.5 Å². The Bertz CT molecular complexity index is 1210. The SMILES string of the molecule is COc1ccc(S(=O)(=O)Nc2cc(-c3ccnc(CC(C)=O)c3)cnc2C)c(F)c1. The van der Waals surface area contributed by atoms with E-state index in [0.717, 1.165) is 17.7 Å². The molecule has 2 aromatic heterocycles. The number of halogens is 1. The zero-order valence-electron chi connectivity index (χ0n) is 16.6. The number of carbonyl (C=O) groups is 1. The summed E-state index contributed by atoms with van der Waals surface area (Å²) >= 11 is 0. The highest BCUT2D eigenvalue weighted by Crippen LogP contribution is 2.27. The van der Waals surface area contributed by atoms with Gasteiger partial charge in [0.1, 0.15) is 22.2 Å². The topological polar surface area (TPSA) is 98.3 Å². The molecule has 9 heteroatoms. The van der Waals surface area contributed by atoms with Gasteiger partial charge in [0.25, 0.3) is 10.0 Å². The normalized spacial score (nSPS) is 11.2. The predicted molar refractivity (Wildman–Crippen MR) is 110 cm³/mol. The first kappa shape index (κ1) is 21.4. The van der Waals surface area contributed by atoms with Gasteiger partial charge < -0.3 is 4.74 Å². The Kier molecular flexibility index (Phi) is 6.12. The van der Waals surface area contributed by atoms with Gasteiger partial charge in [0.2, 0.25) is 0 Å². The number of Topliss-reactive ketones (excluding diaryl/α,β-unsaturated/α-hetero) is 1. The van der Waals surface area contributed by atoms with E-state index in [4.69, 9.17) is 4.74 Å². The molecule has 156 valence electrons. The molecule has 0 saturated heterocycles. The molecule has 0 unspecified atom stereocenters. The molecular weight excluding hydrogens is 409 g/mol. The third-order valence-electron chi connectivity index (χ3n) is 4.34. The summed E-state index contributed by atoms with van der Waals surface area (Å²) in [5, 5.41) is 0. The second kappa shape index (κ2) is 8.58. The monoisotopic (exact) mass is 429 g/mol. The van der Waals surface area contributed by atoms with Crippen molar-refractivity contribution in [2.24, 2.45) is 0 Å². The van der Waals surface area contributed by atoms with Crippen LogP contribution in [0.4, 0.5) is 10.1 Å². The molecule has 0 spiro atoms. The maximum absolute atomic E-state index is 14.3. The molecular formula is C21H20FN3O4S. The van der Waals surface area contributed by atoms with Gasteiger partial charge >= 0.3 is 0 Å². The Morgan fingerprint density at radius 1 is 1.13 bits per heavy atom. The van der Waals surface area contributed by atoms with E-state index in [1.807, 2.05) is 0 Å². The first-order valence-corrected chi connectivity index (χ1v) is 10.5. The van der Waals surface area contributed by atoms with E-state index < -0.39 is 20.7 Å². The van der Waals surface area contributed by atoms with E-state index in [-0.39, 0.29) is 23.6 Å². The number of methoxy groups -OCH3 is 1. The fourth-order valence-corrected chi connectivity index (χ4v) is 4.00. The molecule has 3 aromatic rings. The van der Waals surface area contributed by atoms with Crippen molar-refractivity contribution in [3.63, 3.8) is 0 Å². The van der Waals surface area contributed by atoms with Crippen molar-refractivity contribution in [3.8, 4) is 16.9 Å². The van der Waals surface area contributed by atoms with Crippen LogP contribution in [0.1, 0.15) is 18.3 Å². The van der Waals surface area contributed by atoms with E-state index in [1.165, 1.54) is 20.1 Å². The number of ketones is 1. The number of sulfonamides is 1. The maximum atomic E-state index is 14.3. The van der Waals surface area contributed by atoms with Crippen molar-refractivity contribution in [2.45, 2.75) is 25.2 Å². The largest absolute Gasteiger partial charge is 0.497 e. The van der Waals surface area contributed by atoms with Crippen molar-refractivity contribution >= 4 is 21.5 Å². The Morgan fingerprint density at radius 3 is 2.57 bits per heavy atom. The number of carbonyl (C=O) groups excluding carboxylic acids is 1. The van der Waals surface area contributed by atoms with Crippen LogP contribution in [-0.2, 0) is 21.2 Å². The molecule has 0 fully saturated rings. The highest BCUT2D eigenvalue weighted by atomic mass is 32.2. The molecule has 1 N–H and O–H groups in total. The second-order valence-corrected chi connectivity index (χ2v) is 8.32. The fraction of sp³-hybridized carbons (Fsp3) is 0.190. The number of ether oxygens (including phenoxy) is 1. The quantitative estimate of drug-likeness (QED) is 0.617. The summed E-state index contributed by atoms with van der Waals surface area (Å²) in [6.45, 7) is 3.12. The van der Waals surface area contributed by atoms with Crippen LogP contribution in [0, 0.1) is 12.7 Å². The Balaban J connectivity index is 1.95. The van der Waals surface area contributed by atoms with Gasteiger partial charge in [-0.25, -0.2) is 12.8 Å². The van der Waals surface area contributed by atoms with Gasteiger partial charge in [-0.2, -0.15) is 0 Å². The zero-order chi connectivity index (χ0) is 21.9. The summed E-state index contributed by atoms with van der Waals surface area (Å²) < 4.78 is 47.0. The average molecular weight is 429 g/mol. The van der Waals surface area contributed by atoms with Gasteiger partial charge in [0, 0.05) is 36.1 Å². The van der Waals surface area contributed by atoms with Crippen molar-refractivity contribution in [2.75, 3.05) is 11.8 Å². The number of nitrogens with one attached hydrogen (secondary N) is 1. The van der Waals surface area contributed by atoms with Crippen LogP contribution in [0.3, 0.4) is 0 Å². The number of rotatable bonds is 7. The fourth-order valence-electron chi connectivity index (χ4n) is 2.83. The Hall–Kier alpha value is -3.33. The summed E-state index contributed by atoms with van der Waals surface area (Å²) in [5.74, 6) is -0.728. The molecule has 2 heterocycles. The number of nitrogens with zero attached hydrogens (tertiary/aromatic N) is 2. The van der Waals surface area contributed by atoms with E-state index in [0.29, 0.717) is 17.0 Å². The van der Waals surface area contributed by atoms with Crippen LogP contribution in [0.15, 0.2) is 53.7 Å². The standard InChI is InChI=1S/C21H20FN3O4S/c1-13(26)8-17-9-15(6-7-23-17)16-10-20(14(2)24-12-16)25-30(27,28)21-5-4-18(29-3)11-19(21)22/h4-7,9-12,25H,8H2,1-3H3. The molecule has 0 aliphatic heterocycles. The molecule has 0 saturated carbocycles. The minimum atomic E-state index is -4.19. The lowest BCUT2D eigenvalue weighted by molar-refractivity contribution is -0.116. The Labute approximate surface area is 174 Å². The second-order valence-electron chi connectivity index (χ2n) is 6.67. The summed E-state index contributed by atoms with van der Waals surface area (Å²) in [6.07, 6.45) is 3.36. The van der Waals surface area contributed by atoms with Gasteiger partial charge in [-0.3, -0.25) is 19.5 Å². The minimum absolute atomic E-state index is 0.0170. The predicted octanol–water partition coefficient (Wildman–Crippen LogP) is 3.53. The van der Waals surface area contributed by atoms with Crippen LogP contribution >= 0.6 is 0 Å². The highest BCUT2D eigenvalue weighted by molar-refractivity contribution is 7.92. The molecule has 1 aromatic carbocycles. The lowest BCUT2D eigenvalue weighted by Gasteiger charge is -2.13. The molecule has 7 nitrogen and oxygen atoms in total. The van der Waals surface area contributed by atoms with Gasteiger partial charge in [0.15, 0.2) is 0 Å². The number of aromatic nitrogens is 2. The molecule has 0 atom stereocenters. The van der Waals surface area contributed by atoms with Crippen LogP contribution in [0.25, 0.3) is 11.1 Å². The van der Waals surface area contributed by atoms with Crippen molar-refractivity contribution < 1.29 is 22.3 Å². The number of pyridine rings is 2. The van der Waals surface area contributed by atoms with Gasteiger partial charge in [-0.1, -0.05) is 0 Å². The van der Waals surface area contributed by atoms with Crippen LogP contribution in [0.2, 0.25) is 0 Å². The highest BCUT2D eigenvalue weighted by Gasteiger charge is 2.21. The lowest BCUT2D eigenvalue weighted by Crippen LogP contribution is -2.16. The smallest absolute Gasteiger partial charge is 0.264 e. The van der Waals surface area contributed by atoms with Crippen LogP contribution in [-0.4, -0.2) is 31.3 Å². The number of anilines is 1. The van der Waals surface area contributed by atoms with Crippen molar-refractivity contribution in [3.05, 3.63) is 66.0 Å². The summed E-state index contributed by atoms with van der Waals surface area (Å²) in [6, 6.07) is 8.59. The van der Waals surface area contributed by atoms with Gasteiger partial charge in [-0.05, 0) is 49.7 Å². The molecule has 0 bridgehead atoms. The first-order valence-electron chi connectivity index (χ1n) is 8.97. The molecule has 0 radical (unpaired) electrons. The third kappa shape index (κ3) is 4.80. The van der Waals surface area contributed by atoms with Crippen LogP contribution in [0.5, 0.6) is 5.75 Å². The maximum Gasteiger partial charge on any atom is 0.264 e. The third-order valence-corrected chi connectivity index (χ3v) is 5.74. The molecule has 0 aliphatic rings. The van der Waals surface area contributed by atoms with Crippen molar-refractivity contribution in [1.29, 1.82) is 0 Å². The molecule has 30 heavy (non-hydrogen) atoms. The number of benzene rings is 1. The lowest BCUT2D eigenvalue weighted by atomic mass is 10.1. The first-order chi connectivity index (χ1) is 14.2. The summed E-state index contributed by atoms with van der Waals surface area (Å²) in [4.78, 5) is 19.3. The molecule has 0 amide bonds. The zero-order valence-corrected chi connectivity index (χ0v) is 17.5. The van der Waals surface area contributed by atoms with Crippen LogP contribution < -0.4 is 9.46 Å². The van der Waals surface area contributed by atoms with Gasteiger partial charge in [0.05, 0.1) is 18.5 Å². The molecule has 3 rings (SSSR count). The minimum Gasteiger partial charge on any atom is -0.497 e. The Morgan fingerprint density at radius 2 is 1.90 bits per heavy atom. The van der Waals surface area contributed by atoms with E-state index in [2.05, 4.69) is 14.7 Å².